The van der Waals surface area contributed by atoms with Crippen molar-refractivity contribution in [2.24, 2.45) is 28.6 Å². The van der Waals surface area contributed by atoms with Crippen LogP contribution < -0.4 is 0 Å². The second kappa shape index (κ2) is 5.47. The maximum atomic E-state index is 12.1. The Hall–Kier alpha value is -1.06. The molecule has 0 saturated heterocycles. The molecule has 0 heterocycles. The maximum Gasteiger partial charge on any atom is 0.105 e. The minimum absolute atomic E-state index is 0.0245. The van der Waals surface area contributed by atoms with E-state index < -0.39 is 11.0 Å². The van der Waals surface area contributed by atoms with Crippen LogP contribution in [0.5, 0.6) is 0 Å². The lowest BCUT2D eigenvalue weighted by atomic mass is 9.66. The first kappa shape index (κ1) is 17.8. The summed E-state index contributed by atoms with van der Waals surface area (Å²) in [7, 11) is 3.45. The Morgan fingerprint density at radius 1 is 1.29 bits per heavy atom. The van der Waals surface area contributed by atoms with Gasteiger partial charge < -0.3 is 14.6 Å². The predicted molar refractivity (Wildman–Crippen MR) is 96.4 cm³/mol. The van der Waals surface area contributed by atoms with Gasteiger partial charge in [0, 0.05) is 12.5 Å². The predicted octanol–water partition coefficient (Wildman–Crippen LogP) is 4.10. The highest BCUT2D eigenvalue weighted by Gasteiger charge is 2.68. The molecule has 3 aliphatic carbocycles. The molecule has 3 aliphatic rings. The average Bonchev–Trinajstić information content (AvgIpc) is 3.11. The number of methoxy groups -OCH3 is 2. The molecule has 0 bridgehead atoms. The van der Waals surface area contributed by atoms with Crippen LogP contribution in [0.2, 0.25) is 0 Å². The van der Waals surface area contributed by atoms with Crippen LogP contribution in [0.4, 0.5) is 0 Å². The van der Waals surface area contributed by atoms with Crippen molar-refractivity contribution >= 4 is 0 Å². The monoisotopic (exact) mass is 332 g/mol. The molecular weight excluding hydrogens is 300 g/mol. The number of hydrogen-bond acceptors (Lipinski definition) is 3. The fourth-order valence-corrected chi connectivity index (χ4v) is 5.67. The van der Waals surface area contributed by atoms with Crippen LogP contribution >= 0.6 is 0 Å². The molecule has 0 unspecified atom stereocenters. The Balaban J connectivity index is 2.12. The number of hydrogen-bond donors (Lipinski definition) is 1. The molecule has 6 atom stereocenters. The molecule has 0 amide bonds. The molecule has 2 fully saturated rings. The topological polar surface area (TPSA) is 38.7 Å². The molecule has 3 nitrogen and oxygen atoms in total. The minimum Gasteiger partial charge on any atom is -0.501 e. The molecule has 0 spiro atoms. The van der Waals surface area contributed by atoms with Gasteiger partial charge in [-0.1, -0.05) is 45.6 Å². The van der Waals surface area contributed by atoms with Crippen molar-refractivity contribution in [3.8, 4) is 0 Å². The fraction of sp³-hybridized carbons (Fsp3) is 0.714. The summed E-state index contributed by atoms with van der Waals surface area (Å²) in [5.41, 5.74) is -0.477. The summed E-state index contributed by atoms with van der Waals surface area (Å²) < 4.78 is 11.4. The van der Waals surface area contributed by atoms with Crippen LogP contribution in [0.1, 0.15) is 40.5 Å². The Morgan fingerprint density at radius 2 is 1.96 bits per heavy atom. The van der Waals surface area contributed by atoms with Gasteiger partial charge in [0.25, 0.3) is 0 Å². The molecule has 0 aliphatic heterocycles. The summed E-state index contributed by atoms with van der Waals surface area (Å²) in [6.45, 7) is 12.8. The SMILES string of the molecule is C=C(OC)[C@@]1(C)C[C@@H]2[C@@H](OC)[C@H](C)C[C@@H]2[C@@]1(O)C1=CC(C)(C)C=C1. The van der Waals surface area contributed by atoms with E-state index in [9.17, 15) is 5.11 Å². The van der Waals surface area contributed by atoms with Crippen molar-refractivity contribution < 1.29 is 14.6 Å². The van der Waals surface area contributed by atoms with Gasteiger partial charge in [0.05, 0.1) is 24.4 Å². The van der Waals surface area contributed by atoms with Crippen LogP contribution in [-0.4, -0.2) is 31.0 Å². The molecule has 1 N–H and O–H groups in total. The van der Waals surface area contributed by atoms with E-state index in [0.29, 0.717) is 17.6 Å². The third kappa shape index (κ3) is 2.17. The quantitative estimate of drug-likeness (QED) is 0.788. The molecule has 0 aromatic heterocycles. The van der Waals surface area contributed by atoms with E-state index in [-0.39, 0.29) is 17.4 Å². The zero-order valence-electron chi connectivity index (χ0n) is 15.9. The van der Waals surface area contributed by atoms with Gasteiger partial charge in [-0.25, -0.2) is 0 Å². The molecule has 3 rings (SSSR count). The maximum absolute atomic E-state index is 12.1. The first-order valence-electron chi connectivity index (χ1n) is 9.02. The van der Waals surface area contributed by atoms with E-state index in [4.69, 9.17) is 9.47 Å². The van der Waals surface area contributed by atoms with Crippen LogP contribution in [0.3, 0.4) is 0 Å². The zero-order valence-corrected chi connectivity index (χ0v) is 15.9. The number of ether oxygens (including phenoxy) is 2. The van der Waals surface area contributed by atoms with Gasteiger partial charge >= 0.3 is 0 Å². The van der Waals surface area contributed by atoms with Gasteiger partial charge in [-0.3, -0.25) is 0 Å². The average molecular weight is 332 g/mol. The lowest BCUT2D eigenvalue weighted by molar-refractivity contribution is -0.0535. The highest BCUT2D eigenvalue weighted by atomic mass is 16.5. The Morgan fingerprint density at radius 3 is 2.46 bits per heavy atom. The number of fused-ring (bicyclic) bond motifs is 1. The van der Waals surface area contributed by atoms with Gasteiger partial charge in [-0.05, 0) is 43.1 Å². The number of rotatable bonds is 4. The molecule has 24 heavy (non-hydrogen) atoms. The molecule has 2 saturated carbocycles. The zero-order chi connectivity index (χ0) is 17.9. The molecule has 0 radical (unpaired) electrons. The second-order valence-electron chi connectivity index (χ2n) is 8.87. The summed E-state index contributed by atoms with van der Waals surface area (Å²) in [5, 5.41) is 12.1. The summed E-state index contributed by atoms with van der Waals surface area (Å²) in [4.78, 5) is 0. The Labute approximate surface area is 146 Å². The van der Waals surface area contributed by atoms with E-state index in [0.717, 1.165) is 18.4 Å². The van der Waals surface area contributed by atoms with E-state index in [1.54, 1.807) is 14.2 Å². The van der Waals surface area contributed by atoms with Gasteiger partial charge in [0.2, 0.25) is 0 Å². The van der Waals surface area contributed by atoms with Crippen molar-refractivity contribution in [3.63, 3.8) is 0 Å². The van der Waals surface area contributed by atoms with Gasteiger partial charge in [0.1, 0.15) is 5.60 Å². The first-order chi connectivity index (χ1) is 11.1. The fourth-order valence-electron chi connectivity index (χ4n) is 5.67. The van der Waals surface area contributed by atoms with Crippen molar-refractivity contribution in [2.75, 3.05) is 14.2 Å². The molecule has 0 aromatic rings. The largest absolute Gasteiger partial charge is 0.501 e. The summed E-state index contributed by atoms with van der Waals surface area (Å²) in [6, 6.07) is 0. The highest BCUT2D eigenvalue weighted by molar-refractivity contribution is 5.45. The van der Waals surface area contributed by atoms with Gasteiger partial charge in [-0.15, -0.1) is 0 Å². The normalized spacial score (nSPS) is 46.0. The molecular formula is C21H32O3. The van der Waals surface area contributed by atoms with E-state index in [1.807, 2.05) is 0 Å². The summed E-state index contributed by atoms with van der Waals surface area (Å²) in [5.74, 6) is 1.61. The molecule has 134 valence electrons. The Bertz CT molecular complexity index is 602. The number of allylic oxidation sites excluding steroid dienone is 2. The first-order valence-corrected chi connectivity index (χ1v) is 9.02. The van der Waals surface area contributed by atoms with Crippen LogP contribution in [-0.2, 0) is 9.47 Å². The number of aliphatic hydroxyl groups is 1. The van der Waals surface area contributed by atoms with Crippen molar-refractivity contribution in [1.29, 1.82) is 0 Å². The van der Waals surface area contributed by atoms with Gasteiger partial charge in [-0.2, -0.15) is 0 Å². The molecule has 3 heteroatoms. The van der Waals surface area contributed by atoms with Crippen LogP contribution in [0.25, 0.3) is 0 Å². The van der Waals surface area contributed by atoms with Crippen LogP contribution in [0.15, 0.2) is 36.1 Å². The summed E-state index contributed by atoms with van der Waals surface area (Å²) in [6.07, 6.45) is 8.49. The lowest BCUT2D eigenvalue weighted by Crippen LogP contribution is -2.49. The van der Waals surface area contributed by atoms with E-state index in [2.05, 4.69) is 52.5 Å². The lowest BCUT2D eigenvalue weighted by Gasteiger charge is -2.44. The van der Waals surface area contributed by atoms with E-state index in [1.165, 1.54) is 0 Å². The second-order valence-corrected chi connectivity index (χ2v) is 8.87. The van der Waals surface area contributed by atoms with Crippen molar-refractivity contribution in [1.82, 2.24) is 0 Å². The van der Waals surface area contributed by atoms with E-state index >= 15 is 0 Å². The Kier molecular flexibility index (Phi) is 4.05. The third-order valence-corrected chi connectivity index (χ3v) is 6.94. The molecule has 0 aromatic carbocycles. The highest BCUT2D eigenvalue weighted by Crippen LogP contribution is 2.66. The van der Waals surface area contributed by atoms with Crippen molar-refractivity contribution in [2.45, 2.75) is 52.2 Å². The van der Waals surface area contributed by atoms with Crippen molar-refractivity contribution in [3.05, 3.63) is 36.1 Å². The standard InChI is InChI=1S/C21H32O3/c1-13-10-17-16(18(13)24-7)12-20(5,14(2)23-6)21(17,22)15-8-9-19(3,4)11-15/h8-9,11,13,16-18,22H,2,10,12H2,1,3-7H3/t13-,16+,17+,18+,20-,21+/m1/s1. The third-order valence-electron chi connectivity index (χ3n) is 6.94. The summed E-state index contributed by atoms with van der Waals surface area (Å²) >= 11 is 0. The van der Waals surface area contributed by atoms with Crippen LogP contribution in [0, 0.1) is 28.6 Å². The van der Waals surface area contributed by atoms with Gasteiger partial charge in [0.15, 0.2) is 0 Å². The smallest absolute Gasteiger partial charge is 0.105 e. The minimum atomic E-state index is -0.962.